The average molecular weight is 317 g/mol. The van der Waals surface area contributed by atoms with Gasteiger partial charge in [0.2, 0.25) is 11.8 Å². The molecule has 1 rings (SSSR count). The zero-order chi connectivity index (χ0) is 14.8. The molecule has 19 heavy (non-hydrogen) atoms. The molecule has 0 aliphatic heterocycles. The molecule has 0 aliphatic rings. The smallest absolute Gasteiger partial charge is 0.480 e. The Morgan fingerprint density at radius 1 is 1.47 bits per heavy atom. The fourth-order valence-electron chi connectivity index (χ4n) is 1.12. The molecule has 0 unspecified atom stereocenters. The lowest BCUT2D eigenvalue weighted by Crippen LogP contribution is -2.18. The summed E-state index contributed by atoms with van der Waals surface area (Å²) in [4.78, 5) is 2.35. The van der Waals surface area contributed by atoms with E-state index in [4.69, 9.17) is 15.9 Å². The first-order valence-corrected chi connectivity index (χ1v) is 6.59. The molecule has 0 bridgehead atoms. The van der Waals surface area contributed by atoms with Gasteiger partial charge in [-0.25, -0.2) is 8.42 Å². The number of pyridine rings is 1. The normalized spacial score (nSPS) is 11.8. The van der Waals surface area contributed by atoms with Crippen molar-refractivity contribution in [1.82, 2.24) is 4.98 Å². The van der Waals surface area contributed by atoms with E-state index in [9.17, 15) is 21.6 Å². The highest BCUT2D eigenvalue weighted by Crippen LogP contribution is 2.33. The lowest BCUT2D eigenvalue weighted by atomic mass is 10.3. The third kappa shape index (κ3) is 3.87. The molecule has 0 amide bonds. The number of rotatable bonds is 3. The number of halogens is 4. The Hall–Kier alpha value is -1.73. The number of aromatic nitrogens is 1. The van der Waals surface area contributed by atoms with Crippen LogP contribution in [0.15, 0.2) is 11.0 Å². The molecule has 0 fully saturated rings. The van der Waals surface area contributed by atoms with Gasteiger partial charge in [0, 0.05) is 16.7 Å². The summed E-state index contributed by atoms with van der Waals surface area (Å²) in [5.74, 6) is -1.81. The van der Waals surface area contributed by atoms with Crippen molar-refractivity contribution >= 4 is 19.7 Å². The number of ether oxygens (including phenoxy) is 2. The maximum atomic E-state index is 12.0. The Kier molecular flexibility index (Phi) is 4.12. The van der Waals surface area contributed by atoms with Crippen LogP contribution in [0.1, 0.15) is 5.56 Å². The molecule has 6 nitrogen and oxygen atoms in total. The number of methoxy groups -OCH3 is 1. The fraction of sp³-hybridized carbons (Fsp3) is 0.250. The summed E-state index contributed by atoms with van der Waals surface area (Å²) in [6, 6.07) is 1.86. The molecule has 0 aromatic carbocycles. The van der Waals surface area contributed by atoms with Gasteiger partial charge >= 0.3 is 6.36 Å². The van der Waals surface area contributed by atoms with Crippen LogP contribution in [-0.4, -0.2) is 26.9 Å². The van der Waals surface area contributed by atoms with Gasteiger partial charge < -0.3 is 9.47 Å². The lowest BCUT2D eigenvalue weighted by molar-refractivity contribution is -0.276. The van der Waals surface area contributed by atoms with Gasteiger partial charge in [0.1, 0.15) is 6.07 Å². The molecule has 104 valence electrons. The van der Waals surface area contributed by atoms with Crippen molar-refractivity contribution < 1.29 is 31.1 Å². The van der Waals surface area contributed by atoms with Crippen molar-refractivity contribution in [3.8, 4) is 17.8 Å². The molecule has 0 saturated carbocycles. The highest BCUT2D eigenvalue weighted by Gasteiger charge is 2.33. The lowest BCUT2D eigenvalue weighted by Gasteiger charge is -2.11. The minimum Gasteiger partial charge on any atom is -0.480 e. The number of hydrogen-bond acceptors (Lipinski definition) is 6. The first kappa shape index (κ1) is 15.3. The van der Waals surface area contributed by atoms with Crippen molar-refractivity contribution in [3.05, 3.63) is 11.6 Å². The molecule has 11 heteroatoms. The van der Waals surface area contributed by atoms with Crippen LogP contribution < -0.4 is 9.47 Å². The van der Waals surface area contributed by atoms with E-state index in [0.717, 1.165) is 7.11 Å². The molecule has 1 aromatic heterocycles. The Morgan fingerprint density at radius 2 is 2.05 bits per heavy atom. The molecular formula is C8H4ClF3N2O4S. The first-order chi connectivity index (χ1) is 8.58. The molecule has 0 radical (unpaired) electrons. The minimum atomic E-state index is -5.05. The van der Waals surface area contributed by atoms with Crippen molar-refractivity contribution in [2.24, 2.45) is 0 Å². The Balaban J connectivity index is 3.51. The number of nitriles is 1. The molecule has 0 saturated heterocycles. The van der Waals surface area contributed by atoms with Gasteiger partial charge in [-0.1, -0.05) is 0 Å². The standard InChI is InChI=1S/C8H4ClF3N2O4S/c1-17-7-6(19(9,15)16)4(3-13)2-5(14-7)18-8(10,11)12/h2H,1H3. The predicted octanol–water partition coefficient (Wildman–Crippen LogP) is 1.79. The quantitative estimate of drug-likeness (QED) is 0.790. The summed E-state index contributed by atoms with van der Waals surface area (Å²) in [7, 11) is 1.58. The number of hydrogen-bond donors (Lipinski definition) is 0. The van der Waals surface area contributed by atoms with Crippen LogP contribution in [0.2, 0.25) is 0 Å². The van der Waals surface area contributed by atoms with Crippen LogP contribution in [0, 0.1) is 11.3 Å². The highest BCUT2D eigenvalue weighted by molar-refractivity contribution is 8.13. The summed E-state index contributed by atoms with van der Waals surface area (Å²) in [5, 5.41) is 8.73. The Labute approximate surface area is 109 Å². The molecular weight excluding hydrogens is 313 g/mol. The zero-order valence-corrected chi connectivity index (χ0v) is 10.6. The van der Waals surface area contributed by atoms with Crippen molar-refractivity contribution in [1.29, 1.82) is 5.26 Å². The molecule has 0 atom stereocenters. The molecule has 0 spiro atoms. The highest BCUT2D eigenvalue weighted by atomic mass is 35.7. The fourth-order valence-corrected chi connectivity index (χ4v) is 2.27. The molecule has 0 N–H and O–H groups in total. The summed E-state index contributed by atoms with van der Waals surface area (Å²) in [6.45, 7) is 0. The largest absolute Gasteiger partial charge is 0.574 e. The topological polar surface area (TPSA) is 89.3 Å². The third-order valence-corrected chi connectivity index (χ3v) is 3.04. The Morgan fingerprint density at radius 3 is 2.42 bits per heavy atom. The van der Waals surface area contributed by atoms with E-state index < -0.39 is 37.6 Å². The summed E-state index contributed by atoms with van der Waals surface area (Å²) in [6.07, 6.45) is -5.05. The van der Waals surface area contributed by atoms with E-state index in [0.29, 0.717) is 6.07 Å². The van der Waals surface area contributed by atoms with Gasteiger partial charge in [-0.3, -0.25) is 0 Å². The number of nitrogens with zero attached hydrogens (tertiary/aromatic N) is 2. The monoisotopic (exact) mass is 316 g/mol. The SMILES string of the molecule is COc1nc(OC(F)(F)F)cc(C#N)c1S(=O)(=O)Cl. The third-order valence-electron chi connectivity index (χ3n) is 1.70. The van der Waals surface area contributed by atoms with Crippen LogP contribution in [-0.2, 0) is 9.05 Å². The van der Waals surface area contributed by atoms with Gasteiger partial charge in [0.15, 0.2) is 4.90 Å². The van der Waals surface area contributed by atoms with E-state index in [-0.39, 0.29) is 0 Å². The molecule has 1 heterocycles. The Bertz CT molecular complexity index is 639. The minimum absolute atomic E-state index is 0.491. The van der Waals surface area contributed by atoms with Gasteiger partial charge in [0.25, 0.3) is 9.05 Å². The second-order valence-corrected chi connectivity index (χ2v) is 5.45. The van der Waals surface area contributed by atoms with Crippen molar-refractivity contribution in [2.75, 3.05) is 7.11 Å². The van der Waals surface area contributed by atoms with Crippen molar-refractivity contribution in [3.63, 3.8) is 0 Å². The summed E-state index contributed by atoms with van der Waals surface area (Å²) < 4.78 is 66.5. The maximum Gasteiger partial charge on any atom is 0.574 e. The van der Waals surface area contributed by atoms with Crippen LogP contribution in [0.4, 0.5) is 13.2 Å². The van der Waals surface area contributed by atoms with Crippen LogP contribution in [0.25, 0.3) is 0 Å². The molecule has 1 aromatic rings. The molecule has 0 aliphatic carbocycles. The van der Waals surface area contributed by atoms with E-state index in [1.807, 2.05) is 0 Å². The van der Waals surface area contributed by atoms with Crippen molar-refractivity contribution in [2.45, 2.75) is 11.3 Å². The van der Waals surface area contributed by atoms with Crippen LogP contribution in [0.3, 0.4) is 0 Å². The van der Waals surface area contributed by atoms with Crippen LogP contribution in [0.5, 0.6) is 11.8 Å². The first-order valence-electron chi connectivity index (χ1n) is 4.28. The van der Waals surface area contributed by atoms with E-state index in [2.05, 4.69) is 14.5 Å². The maximum absolute atomic E-state index is 12.0. The summed E-state index contributed by atoms with van der Waals surface area (Å²) >= 11 is 0. The van der Waals surface area contributed by atoms with Gasteiger partial charge in [-0.15, -0.1) is 13.2 Å². The number of alkyl halides is 3. The zero-order valence-electron chi connectivity index (χ0n) is 9.02. The van der Waals surface area contributed by atoms with Gasteiger partial charge in [-0.2, -0.15) is 10.2 Å². The summed E-state index contributed by atoms with van der Waals surface area (Å²) in [5.41, 5.74) is -0.680. The second-order valence-electron chi connectivity index (χ2n) is 2.94. The average Bonchev–Trinajstić information content (AvgIpc) is 2.23. The second kappa shape index (κ2) is 5.10. The van der Waals surface area contributed by atoms with E-state index in [1.54, 1.807) is 0 Å². The predicted molar refractivity (Wildman–Crippen MR) is 55.2 cm³/mol. The van der Waals surface area contributed by atoms with Crippen LogP contribution >= 0.6 is 10.7 Å². The van der Waals surface area contributed by atoms with Gasteiger partial charge in [-0.05, 0) is 0 Å². The van der Waals surface area contributed by atoms with E-state index >= 15 is 0 Å². The van der Waals surface area contributed by atoms with E-state index in [1.165, 1.54) is 6.07 Å². The van der Waals surface area contributed by atoms with Gasteiger partial charge in [0.05, 0.1) is 12.7 Å².